The number of carbonyl (C=O) groups is 1. The standard InChI is InChI=1S/C14H20N2O2/c1-16-8-6-12(7-9-16)15-10-11-4-2-3-5-13(11)14(17)18/h2-5,12,15H,6-10H2,1H3,(H,17,18). The molecule has 1 aromatic rings. The summed E-state index contributed by atoms with van der Waals surface area (Å²) >= 11 is 0. The third-order valence-electron chi connectivity index (χ3n) is 3.55. The van der Waals surface area contributed by atoms with Gasteiger partial charge in [0.05, 0.1) is 5.56 Å². The van der Waals surface area contributed by atoms with Crippen LogP contribution in [0.2, 0.25) is 0 Å². The topological polar surface area (TPSA) is 52.6 Å². The van der Waals surface area contributed by atoms with Crippen molar-refractivity contribution in [2.75, 3.05) is 20.1 Å². The molecule has 0 aromatic heterocycles. The first-order valence-corrected chi connectivity index (χ1v) is 6.40. The van der Waals surface area contributed by atoms with E-state index in [-0.39, 0.29) is 0 Å². The van der Waals surface area contributed by atoms with Gasteiger partial charge in [-0.25, -0.2) is 4.79 Å². The minimum absolute atomic E-state index is 0.401. The summed E-state index contributed by atoms with van der Waals surface area (Å²) in [6, 6.07) is 7.70. The second kappa shape index (κ2) is 5.98. The lowest BCUT2D eigenvalue weighted by molar-refractivity contribution is 0.0695. The second-order valence-electron chi connectivity index (χ2n) is 4.92. The number of nitrogens with one attached hydrogen (secondary N) is 1. The van der Waals surface area contributed by atoms with Crippen molar-refractivity contribution in [3.05, 3.63) is 35.4 Å². The average molecular weight is 248 g/mol. The Kier molecular flexibility index (Phi) is 4.33. The Morgan fingerprint density at radius 2 is 2.06 bits per heavy atom. The van der Waals surface area contributed by atoms with E-state index in [2.05, 4.69) is 17.3 Å². The molecule has 4 nitrogen and oxygen atoms in total. The highest BCUT2D eigenvalue weighted by atomic mass is 16.4. The van der Waals surface area contributed by atoms with Gasteiger partial charge < -0.3 is 15.3 Å². The van der Waals surface area contributed by atoms with Crippen molar-refractivity contribution >= 4 is 5.97 Å². The van der Waals surface area contributed by atoms with Crippen LogP contribution >= 0.6 is 0 Å². The number of piperidine rings is 1. The molecule has 0 aliphatic carbocycles. The molecule has 1 fully saturated rings. The van der Waals surface area contributed by atoms with Gasteiger partial charge in [-0.1, -0.05) is 18.2 Å². The third kappa shape index (κ3) is 3.31. The normalized spacial score (nSPS) is 17.8. The summed E-state index contributed by atoms with van der Waals surface area (Å²) in [4.78, 5) is 13.4. The minimum Gasteiger partial charge on any atom is -0.478 e. The predicted octanol–water partition coefficient (Wildman–Crippen LogP) is 1.57. The lowest BCUT2D eigenvalue weighted by Crippen LogP contribution is -2.40. The van der Waals surface area contributed by atoms with Gasteiger partial charge in [-0.2, -0.15) is 0 Å². The summed E-state index contributed by atoms with van der Waals surface area (Å²) in [5, 5.41) is 12.6. The van der Waals surface area contributed by atoms with E-state index in [1.807, 2.05) is 12.1 Å². The van der Waals surface area contributed by atoms with Crippen LogP contribution in [0.5, 0.6) is 0 Å². The van der Waals surface area contributed by atoms with Crippen LogP contribution < -0.4 is 5.32 Å². The summed E-state index contributed by atoms with van der Waals surface area (Å²) in [5.41, 5.74) is 1.27. The van der Waals surface area contributed by atoms with Gasteiger partial charge in [0.25, 0.3) is 0 Å². The van der Waals surface area contributed by atoms with Crippen molar-refractivity contribution < 1.29 is 9.90 Å². The smallest absolute Gasteiger partial charge is 0.336 e. The number of carboxylic acids is 1. The monoisotopic (exact) mass is 248 g/mol. The predicted molar refractivity (Wildman–Crippen MR) is 70.8 cm³/mol. The Bertz CT molecular complexity index is 412. The first kappa shape index (κ1) is 13.1. The van der Waals surface area contributed by atoms with Gasteiger partial charge in [-0.15, -0.1) is 0 Å². The summed E-state index contributed by atoms with van der Waals surface area (Å²) in [5.74, 6) is -0.851. The molecule has 0 amide bonds. The molecule has 98 valence electrons. The molecule has 1 aliphatic rings. The highest BCUT2D eigenvalue weighted by molar-refractivity contribution is 5.89. The van der Waals surface area contributed by atoms with Crippen LogP contribution in [0.1, 0.15) is 28.8 Å². The van der Waals surface area contributed by atoms with Crippen molar-refractivity contribution in [3.8, 4) is 0 Å². The zero-order valence-electron chi connectivity index (χ0n) is 10.7. The first-order chi connectivity index (χ1) is 8.66. The number of rotatable bonds is 4. The summed E-state index contributed by atoms with van der Waals surface area (Å²) < 4.78 is 0. The zero-order chi connectivity index (χ0) is 13.0. The van der Waals surface area contributed by atoms with E-state index in [4.69, 9.17) is 5.11 Å². The van der Waals surface area contributed by atoms with E-state index in [9.17, 15) is 4.79 Å². The first-order valence-electron chi connectivity index (χ1n) is 6.40. The van der Waals surface area contributed by atoms with E-state index in [1.54, 1.807) is 12.1 Å². The molecule has 0 unspecified atom stereocenters. The SMILES string of the molecule is CN1CCC(NCc2ccccc2C(=O)O)CC1. The van der Waals surface area contributed by atoms with Gasteiger partial charge in [0.2, 0.25) is 0 Å². The van der Waals surface area contributed by atoms with Crippen LogP contribution in [0.3, 0.4) is 0 Å². The molecule has 0 saturated carbocycles. The maximum Gasteiger partial charge on any atom is 0.336 e. The Morgan fingerprint density at radius 3 is 2.72 bits per heavy atom. The van der Waals surface area contributed by atoms with Crippen molar-refractivity contribution in [1.29, 1.82) is 0 Å². The van der Waals surface area contributed by atoms with E-state index < -0.39 is 5.97 Å². The number of nitrogens with zero attached hydrogens (tertiary/aromatic N) is 1. The summed E-state index contributed by atoms with van der Waals surface area (Å²) in [6.45, 7) is 2.85. The van der Waals surface area contributed by atoms with Crippen LogP contribution in [-0.2, 0) is 6.54 Å². The van der Waals surface area contributed by atoms with Gasteiger partial charge in [-0.3, -0.25) is 0 Å². The molecule has 0 radical (unpaired) electrons. The fourth-order valence-electron chi connectivity index (χ4n) is 2.35. The number of likely N-dealkylation sites (tertiary alicyclic amines) is 1. The lowest BCUT2D eigenvalue weighted by Gasteiger charge is -2.29. The van der Waals surface area contributed by atoms with E-state index in [0.29, 0.717) is 18.2 Å². The fraction of sp³-hybridized carbons (Fsp3) is 0.500. The highest BCUT2D eigenvalue weighted by Gasteiger charge is 2.16. The van der Waals surface area contributed by atoms with Crippen LogP contribution in [0, 0.1) is 0 Å². The van der Waals surface area contributed by atoms with Crippen molar-refractivity contribution in [3.63, 3.8) is 0 Å². The molecule has 0 atom stereocenters. The minimum atomic E-state index is -0.851. The molecular formula is C14H20N2O2. The molecule has 1 aromatic carbocycles. The molecular weight excluding hydrogens is 228 g/mol. The molecule has 18 heavy (non-hydrogen) atoms. The van der Waals surface area contributed by atoms with Gasteiger partial charge in [0.1, 0.15) is 0 Å². The Labute approximate surface area is 108 Å². The van der Waals surface area contributed by atoms with Gasteiger partial charge in [0.15, 0.2) is 0 Å². The van der Waals surface area contributed by atoms with Gasteiger partial charge in [0, 0.05) is 12.6 Å². The number of carboxylic acid groups (broad SMARTS) is 1. The Morgan fingerprint density at radius 1 is 1.39 bits per heavy atom. The number of hydrogen-bond donors (Lipinski definition) is 2. The maximum absolute atomic E-state index is 11.1. The fourth-order valence-corrected chi connectivity index (χ4v) is 2.35. The summed E-state index contributed by atoms with van der Waals surface area (Å²) in [7, 11) is 2.13. The summed E-state index contributed by atoms with van der Waals surface area (Å²) in [6.07, 6.45) is 2.26. The third-order valence-corrected chi connectivity index (χ3v) is 3.55. The molecule has 1 saturated heterocycles. The van der Waals surface area contributed by atoms with Crippen molar-refractivity contribution in [2.24, 2.45) is 0 Å². The molecule has 2 rings (SSSR count). The van der Waals surface area contributed by atoms with E-state index in [0.717, 1.165) is 31.5 Å². The lowest BCUT2D eigenvalue weighted by atomic mass is 10.0. The molecule has 1 aliphatic heterocycles. The highest BCUT2D eigenvalue weighted by Crippen LogP contribution is 2.12. The zero-order valence-corrected chi connectivity index (χ0v) is 10.7. The van der Waals surface area contributed by atoms with Crippen LogP contribution in [0.15, 0.2) is 24.3 Å². The number of aromatic carboxylic acids is 1. The Hall–Kier alpha value is -1.39. The molecule has 0 bridgehead atoms. The van der Waals surface area contributed by atoms with Crippen LogP contribution in [0.25, 0.3) is 0 Å². The Balaban J connectivity index is 1.92. The van der Waals surface area contributed by atoms with Crippen LogP contribution in [0.4, 0.5) is 0 Å². The molecule has 2 N–H and O–H groups in total. The number of hydrogen-bond acceptors (Lipinski definition) is 3. The van der Waals surface area contributed by atoms with Gasteiger partial charge >= 0.3 is 5.97 Å². The molecule has 4 heteroatoms. The van der Waals surface area contributed by atoms with Crippen molar-refractivity contribution in [2.45, 2.75) is 25.4 Å². The quantitative estimate of drug-likeness (QED) is 0.849. The average Bonchev–Trinajstić information content (AvgIpc) is 2.38. The van der Waals surface area contributed by atoms with Crippen molar-refractivity contribution in [1.82, 2.24) is 10.2 Å². The van der Waals surface area contributed by atoms with Crippen LogP contribution in [-0.4, -0.2) is 42.2 Å². The van der Waals surface area contributed by atoms with E-state index >= 15 is 0 Å². The largest absolute Gasteiger partial charge is 0.478 e. The molecule has 1 heterocycles. The van der Waals surface area contributed by atoms with Gasteiger partial charge in [-0.05, 0) is 44.6 Å². The number of benzene rings is 1. The maximum atomic E-state index is 11.1. The second-order valence-corrected chi connectivity index (χ2v) is 4.92. The molecule has 0 spiro atoms. The van der Waals surface area contributed by atoms with E-state index in [1.165, 1.54) is 0 Å².